The first kappa shape index (κ1) is 14.7. The molecule has 0 spiro atoms. The van der Waals surface area contributed by atoms with E-state index in [1.165, 1.54) is 0 Å². The lowest BCUT2D eigenvalue weighted by atomic mass is 10.1. The Balaban J connectivity index is 2.51. The summed E-state index contributed by atoms with van der Waals surface area (Å²) in [6.07, 6.45) is 0.522. The maximum Gasteiger partial charge on any atom is 0.320 e. The topological polar surface area (TPSA) is 104 Å². The van der Waals surface area contributed by atoms with Gasteiger partial charge in [-0.25, -0.2) is 8.42 Å². The molecule has 0 bridgehead atoms. The molecule has 8 heteroatoms. The SMILES string of the molecule is CS(=O)(=O)CC[C@H](NC1CSCC1O)C(=O)O. The van der Waals surface area contributed by atoms with Gasteiger partial charge in [0.05, 0.1) is 11.9 Å². The average molecular weight is 283 g/mol. The zero-order valence-electron chi connectivity index (χ0n) is 9.50. The van der Waals surface area contributed by atoms with Crippen LogP contribution in [0, 0.1) is 0 Å². The number of sulfone groups is 1. The predicted octanol–water partition coefficient (Wildman–Crippen LogP) is -1.06. The summed E-state index contributed by atoms with van der Waals surface area (Å²) in [5.41, 5.74) is 0. The van der Waals surface area contributed by atoms with Crippen LogP contribution in [0.25, 0.3) is 0 Å². The fourth-order valence-corrected chi connectivity index (χ4v) is 3.42. The minimum Gasteiger partial charge on any atom is -0.480 e. The van der Waals surface area contributed by atoms with Gasteiger partial charge in [0.25, 0.3) is 0 Å². The van der Waals surface area contributed by atoms with Crippen LogP contribution in [0.3, 0.4) is 0 Å². The van der Waals surface area contributed by atoms with Gasteiger partial charge in [-0.1, -0.05) is 0 Å². The zero-order chi connectivity index (χ0) is 13.1. The number of aliphatic carboxylic acids is 1. The molecular weight excluding hydrogens is 266 g/mol. The van der Waals surface area contributed by atoms with Crippen LogP contribution in [0.1, 0.15) is 6.42 Å². The van der Waals surface area contributed by atoms with E-state index in [1.807, 2.05) is 0 Å². The summed E-state index contributed by atoms with van der Waals surface area (Å²) in [5.74, 6) is -0.0370. The van der Waals surface area contributed by atoms with E-state index in [9.17, 15) is 18.3 Å². The van der Waals surface area contributed by atoms with E-state index in [-0.39, 0.29) is 18.2 Å². The molecule has 0 aromatic rings. The third-order valence-electron chi connectivity index (χ3n) is 2.54. The van der Waals surface area contributed by atoms with Gasteiger partial charge in [0.15, 0.2) is 0 Å². The van der Waals surface area contributed by atoms with Crippen LogP contribution in [0.4, 0.5) is 0 Å². The number of hydrogen-bond donors (Lipinski definition) is 3. The molecule has 0 amide bonds. The van der Waals surface area contributed by atoms with Crippen molar-refractivity contribution in [3.63, 3.8) is 0 Å². The van der Waals surface area contributed by atoms with Crippen LogP contribution < -0.4 is 5.32 Å². The van der Waals surface area contributed by atoms with Gasteiger partial charge in [-0.15, -0.1) is 0 Å². The molecular formula is C9H17NO5S2. The normalized spacial score (nSPS) is 26.9. The first-order chi connectivity index (χ1) is 7.79. The molecule has 0 radical (unpaired) electrons. The van der Waals surface area contributed by atoms with E-state index in [0.717, 1.165) is 6.26 Å². The standard InChI is InChI=1S/C9H17NO5S2/c1-17(14,15)3-2-6(9(12)13)10-7-4-16-5-8(7)11/h6-8,10-11H,2-5H2,1H3,(H,12,13)/t6-,7?,8?/m0/s1. The molecule has 0 aliphatic carbocycles. The molecule has 3 atom stereocenters. The minimum absolute atomic E-state index is 0.0159. The highest BCUT2D eigenvalue weighted by Crippen LogP contribution is 2.18. The molecule has 1 aliphatic rings. The van der Waals surface area contributed by atoms with Crippen molar-refractivity contribution in [1.82, 2.24) is 5.32 Å². The molecule has 0 saturated carbocycles. The van der Waals surface area contributed by atoms with E-state index in [1.54, 1.807) is 11.8 Å². The predicted molar refractivity (Wildman–Crippen MR) is 66.0 cm³/mol. The van der Waals surface area contributed by atoms with E-state index >= 15 is 0 Å². The van der Waals surface area contributed by atoms with E-state index in [2.05, 4.69) is 5.32 Å². The molecule has 2 unspecified atom stereocenters. The number of carboxylic acid groups (broad SMARTS) is 1. The Morgan fingerprint density at radius 2 is 2.18 bits per heavy atom. The number of carbonyl (C=O) groups is 1. The summed E-state index contributed by atoms with van der Waals surface area (Å²) < 4.78 is 22.0. The molecule has 6 nitrogen and oxygen atoms in total. The van der Waals surface area contributed by atoms with Crippen LogP contribution in [0.5, 0.6) is 0 Å². The van der Waals surface area contributed by atoms with Gasteiger partial charge < -0.3 is 10.2 Å². The van der Waals surface area contributed by atoms with Crippen LogP contribution in [0.2, 0.25) is 0 Å². The Labute approximate surface area is 105 Å². The number of nitrogens with one attached hydrogen (secondary N) is 1. The Morgan fingerprint density at radius 3 is 2.59 bits per heavy atom. The fourth-order valence-electron chi connectivity index (χ4n) is 1.57. The minimum atomic E-state index is -3.17. The van der Waals surface area contributed by atoms with Crippen molar-refractivity contribution in [2.75, 3.05) is 23.5 Å². The van der Waals surface area contributed by atoms with Gasteiger partial charge in [-0.3, -0.25) is 10.1 Å². The highest BCUT2D eigenvalue weighted by Gasteiger charge is 2.30. The smallest absolute Gasteiger partial charge is 0.320 e. The molecule has 0 aromatic carbocycles. The van der Waals surface area contributed by atoms with Crippen molar-refractivity contribution < 1.29 is 23.4 Å². The van der Waals surface area contributed by atoms with Gasteiger partial charge in [-0.05, 0) is 6.42 Å². The number of thioether (sulfide) groups is 1. The average Bonchev–Trinajstić information content (AvgIpc) is 2.56. The van der Waals surface area contributed by atoms with Crippen molar-refractivity contribution in [3.05, 3.63) is 0 Å². The van der Waals surface area contributed by atoms with E-state index in [0.29, 0.717) is 11.5 Å². The molecule has 1 fully saturated rings. The Kier molecular flexibility index (Phi) is 5.23. The Hall–Kier alpha value is -0.310. The molecule has 1 heterocycles. The number of carboxylic acids is 1. The third-order valence-corrected chi connectivity index (χ3v) is 4.69. The van der Waals surface area contributed by atoms with E-state index in [4.69, 9.17) is 5.11 Å². The molecule has 3 N–H and O–H groups in total. The quantitative estimate of drug-likeness (QED) is 0.571. The van der Waals surface area contributed by atoms with Crippen molar-refractivity contribution >= 4 is 27.6 Å². The highest BCUT2D eigenvalue weighted by atomic mass is 32.2. The van der Waals surface area contributed by atoms with Crippen molar-refractivity contribution in [3.8, 4) is 0 Å². The summed E-state index contributed by atoms with van der Waals surface area (Å²) in [5, 5.41) is 21.3. The molecule has 17 heavy (non-hydrogen) atoms. The Bertz CT molecular complexity index is 370. The van der Waals surface area contributed by atoms with Crippen LogP contribution in [-0.2, 0) is 14.6 Å². The zero-order valence-corrected chi connectivity index (χ0v) is 11.1. The molecule has 1 aliphatic heterocycles. The second-order valence-electron chi connectivity index (χ2n) is 4.19. The lowest BCUT2D eigenvalue weighted by Gasteiger charge is -2.21. The van der Waals surface area contributed by atoms with Crippen LogP contribution >= 0.6 is 11.8 Å². The number of aliphatic hydroxyl groups excluding tert-OH is 1. The van der Waals surface area contributed by atoms with Gasteiger partial charge in [0, 0.05) is 23.8 Å². The summed E-state index contributed by atoms with van der Waals surface area (Å²) >= 11 is 1.54. The van der Waals surface area contributed by atoms with Crippen molar-refractivity contribution in [2.24, 2.45) is 0 Å². The van der Waals surface area contributed by atoms with E-state index < -0.39 is 28.0 Å². The molecule has 1 rings (SSSR count). The molecule has 1 saturated heterocycles. The first-order valence-corrected chi connectivity index (χ1v) is 8.43. The van der Waals surface area contributed by atoms with Gasteiger partial charge in [0.2, 0.25) is 0 Å². The van der Waals surface area contributed by atoms with Crippen LogP contribution in [0.15, 0.2) is 0 Å². The number of rotatable bonds is 6. The largest absolute Gasteiger partial charge is 0.480 e. The lowest BCUT2D eigenvalue weighted by Crippen LogP contribution is -2.48. The number of aliphatic hydroxyl groups is 1. The van der Waals surface area contributed by atoms with Crippen molar-refractivity contribution in [1.29, 1.82) is 0 Å². The van der Waals surface area contributed by atoms with Crippen molar-refractivity contribution in [2.45, 2.75) is 24.6 Å². The first-order valence-electron chi connectivity index (χ1n) is 5.22. The molecule has 100 valence electrons. The van der Waals surface area contributed by atoms with Gasteiger partial charge >= 0.3 is 5.97 Å². The summed E-state index contributed by atoms with van der Waals surface area (Å²) in [6, 6.07) is -1.20. The fraction of sp³-hybridized carbons (Fsp3) is 0.889. The number of hydrogen-bond acceptors (Lipinski definition) is 6. The highest BCUT2D eigenvalue weighted by molar-refractivity contribution is 7.99. The second kappa shape index (κ2) is 6.03. The third kappa shape index (κ3) is 5.24. The van der Waals surface area contributed by atoms with Gasteiger partial charge in [0.1, 0.15) is 15.9 Å². The monoisotopic (exact) mass is 283 g/mol. The maximum atomic E-state index is 11.0. The van der Waals surface area contributed by atoms with Crippen LogP contribution in [-0.4, -0.2) is 66.3 Å². The lowest BCUT2D eigenvalue weighted by molar-refractivity contribution is -0.139. The second-order valence-corrected chi connectivity index (χ2v) is 7.52. The summed E-state index contributed by atoms with van der Waals surface area (Å²) in [4.78, 5) is 11.0. The molecule has 0 aromatic heterocycles. The summed E-state index contributed by atoms with van der Waals surface area (Å²) in [7, 11) is -3.17. The van der Waals surface area contributed by atoms with Gasteiger partial charge in [-0.2, -0.15) is 11.8 Å². The Morgan fingerprint density at radius 1 is 1.53 bits per heavy atom. The summed E-state index contributed by atoms with van der Waals surface area (Å²) in [6.45, 7) is 0. The maximum absolute atomic E-state index is 11.0.